The van der Waals surface area contributed by atoms with Crippen LogP contribution in [-0.4, -0.2) is 54.5 Å². The first-order valence-electron chi connectivity index (χ1n) is 5.49. The van der Waals surface area contributed by atoms with Crippen LogP contribution in [0.2, 0.25) is 0 Å². The van der Waals surface area contributed by atoms with Gasteiger partial charge in [-0.2, -0.15) is 13.2 Å². The molecule has 0 spiro atoms. The van der Waals surface area contributed by atoms with E-state index in [0.717, 1.165) is 19.4 Å². The molecule has 3 unspecified atom stereocenters. The SMILES string of the molecule is CC1CC(NCC(O)C(F)(F)F)CCN1C. The molecule has 1 aliphatic heterocycles. The van der Waals surface area contributed by atoms with Gasteiger partial charge in [0.25, 0.3) is 0 Å². The van der Waals surface area contributed by atoms with E-state index in [4.69, 9.17) is 5.11 Å². The molecule has 1 rings (SSSR count). The zero-order valence-electron chi connectivity index (χ0n) is 9.59. The fourth-order valence-corrected chi connectivity index (χ4v) is 1.87. The minimum atomic E-state index is -4.52. The molecule has 0 bridgehead atoms. The Bertz CT molecular complexity index is 223. The third-order valence-corrected chi connectivity index (χ3v) is 3.19. The number of halogens is 3. The van der Waals surface area contributed by atoms with Crippen LogP contribution in [0.4, 0.5) is 13.2 Å². The van der Waals surface area contributed by atoms with Gasteiger partial charge in [0.2, 0.25) is 0 Å². The lowest BCUT2D eigenvalue weighted by Gasteiger charge is -2.35. The van der Waals surface area contributed by atoms with Gasteiger partial charge in [-0.15, -0.1) is 0 Å². The highest BCUT2D eigenvalue weighted by Gasteiger charge is 2.38. The Balaban J connectivity index is 2.29. The maximum Gasteiger partial charge on any atom is 0.415 e. The first-order valence-corrected chi connectivity index (χ1v) is 5.49. The molecule has 0 aliphatic carbocycles. The average Bonchev–Trinajstić information content (AvgIpc) is 2.18. The van der Waals surface area contributed by atoms with Gasteiger partial charge in [0.1, 0.15) is 0 Å². The minimum Gasteiger partial charge on any atom is -0.382 e. The number of aliphatic hydroxyl groups excluding tert-OH is 1. The van der Waals surface area contributed by atoms with Gasteiger partial charge in [-0.3, -0.25) is 0 Å². The van der Waals surface area contributed by atoms with Crippen molar-refractivity contribution in [2.75, 3.05) is 20.1 Å². The molecule has 0 saturated carbocycles. The molecule has 2 N–H and O–H groups in total. The fourth-order valence-electron chi connectivity index (χ4n) is 1.87. The Morgan fingerprint density at radius 2 is 2.12 bits per heavy atom. The molecular formula is C10H19F3N2O. The lowest BCUT2D eigenvalue weighted by molar-refractivity contribution is -0.202. The number of nitrogens with zero attached hydrogens (tertiary/aromatic N) is 1. The number of aliphatic hydroxyl groups is 1. The fraction of sp³-hybridized carbons (Fsp3) is 1.00. The minimum absolute atomic E-state index is 0.0724. The van der Waals surface area contributed by atoms with Gasteiger partial charge in [-0.1, -0.05) is 0 Å². The van der Waals surface area contributed by atoms with Crippen molar-refractivity contribution in [1.82, 2.24) is 10.2 Å². The Labute approximate surface area is 93.6 Å². The summed E-state index contributed by atoms with van der Waals surface area (Å²) >= 11 is 0. The van der Waals surface area contributed by atoms with Gasteiger partial charge < -0.3 is 15.3 Å². The van der Waals surface area contributed by atoms with Crippen LogP contribution in [0.5, 0.6) is 0 Å². The molecule has 1 heterocycles. The molecule has 0 amide bonds. The highest BCUT2D eigenvalue weighted by molar-refractivity contribution is 4.82. The number of nitrogens with one attached hydrogen (secondary N) is 1. The van der Waals surface area contributed by atoms with Gasteiger partial charge in [-0.25, -0.2) is 0 Å². The predicted octanol–water partition coefficient (Wildman–Crippen LogP) is 0.982. The van der Waals surface area contributed by atoms with Gasteiger partial charge in [-0.05, 0) is 33.4 Å². The van der Waals surface area contributed by atoms with Crippen LogP contribution < -0.4 is 5.32 Å². The van der Waals surface area contributed by atoms with Crippen molar-refractivity contribution in [3.05, 3.63) is 0 Å². The summed E-state index contributed by atoms with van der Waals surface area (Å²) in [5, 5.41) is 11.6. The van der Waals surface area contributed by atoms with Crippen molar-refractivity contribution in [3.8, 4) is 0 Å². The number of piperidine rings is 1. The van der Waals surface area contributed by atoms with E-state index in [1.807, 2.05) is 14.0 Å². The van der Waals surface area contributed by atoms with E-state index in [9.17, 15) is 13.2 Å². The maximum absolute atomic E-state index is 12.0. The zero-order valence-corrected chi connectivity index (χ0v) is 9.59. The van der Waals surface area contributed by atoms with Crippen molar-refractivity contribution in [3.63, 3.8) is 0 Å². The molecule has 96 valence electrons. The Morgan fingerprint density at radius 1 is 1.50 bits per heavy atom. The maximum atomic E-state index is 12.0. The van der Waals surface area contributed by atoms with Crippen molar-refractivity contribution >= 4 is 0 Å². The van der Waals surface area contributed by atoms with Crippen LogP contribution in [0, 0.1) is 0 Å². The molecule has 6 heteroatoms. The highest BCUT2D eigenvalue weighted by atomic mass is 19.4. The Hall–Kier alpha value is -0.330. The molecule has 3 atom stereocenters. The molecule has 3 nitrogen and oxygen atoms in total. The summed E-state index contributed by atoms with van der Waals surface area (Å²) in [6.45, 7) is 2.51. The number of likely N-dealkylation sites (tertiary alicyclic amines) is 1. The molecule has 1 aliphatic rings. The zero-order chi connectivity index (χ0) is 12.3. The van der Waals surface area contributed by atoms with Crippen LogP contribution >= 0.6 is 0 Å². The molecule has 0 aromatic carbocycles. The summed E-state index contributed by atoms with van der Waals surface area (Å²) in [6.07, 6.45) is -5.14. The summed E-state index contributed by atoms with van der Waals surface area (Å²) in [6, 6.07) is 0.442. The normalized spacial score (nSPS) is 30.4. The van der Waals surface area contributed by atoms with Crippen molar-refractivity contribution in [1.29, 1.82) is 0 Å². The van der Waals surface area contributed by atoms with Crippen LogP contribution in [0.3, 0.4) is 0 Å². The topological polar surface area (TPSA) is 35.5 Å². The van der Waals surface area contributed by atoms with Gasteiger partial charge >= 0.3 is 6.18 Å². The molecular weight excluding hydrogens is 221 g/mol. The second-order valence-electron chi connectivity index (χ2n) is 4.52. The molecule has 0 radical (unpaired) electrons. The van der Waals surface area contributed by atoms with Crippen LogP contribution in [-0.2, 0) is 0 Å². The van der Waals surface area contributed by atoms with Gasteiger partial charge in [0.05, 0.1) is 0 Å². The second kappa shape index (κ2) is 5.33. The highest BCUT2D eigenvalue weighted by Crippen LogP contribution is 2.20. The molecule has 0 aromatic rings. The Kier molecular flexibility index (Phi) is 4.58. The summed E-state index contributed by atoms with van der Waals surface area (Å²) in [5.41, 5.74) is 0. The first-order chi connectivity index (χ1) is 7.30. The van der Waals surface area contributed by atoms with Crippen LogP contribution in [0.1, 0.15) is 19.8 Å². The lowest BCUT2D eigenvalue weighted by atomic mass is 9.99. The summed E-state index contributed by atoms with van der Waals surface area (Å²) in [7, 11) is 2.01. The standard InChI is InChI=1S/C10H19F3N2O/c1-7-5-8(3-4-15(7)2)14-6-9(16)10(11,12)13/h7-9,14,16H,3-6H2,1-2H3. The van der Waals surface area contributed by atoms with E-state index < -0.39 is 18.8 Å². The lowest BCUT2D eigenvalue weighted by Crippen LogP contribution is -2.49. The third kappa shape index (κ3) is 3.92. The number of hydrogen-bond acceptors (Lipinski definition) is 3. The average molecular weight is 240 g/mol. The molecule has 16 heavy (non-hydrogen) atoms. The second-order valence-corrected chi connectivity index (χ2v) is 4.52. The molecule has 1 fully saturated rings. The summed E-state index contributed by atoms with van der Waals surface area (Å²) < 4.78 is 36.1. The van der Waals surface area contributed by atoms with E-state index in [1.54, 1.807) is 0 Å². The number of alkyl halides is 3. The smallest absolute Gasteiger partial charge is 0.382 e. The summed E-state index contributed by atoms with van der Waals surface area (Å²) in [5.74, 6) is 0. The quantitative estimate of drug-likeness (QED) is 0.772. The monoisotopic (exact) mass is 240 g/mol. The first kappa shape index (κ1) is 13.7. The van der Waals surface area contributed by atoms with E-state index in [0.29, 0.717) is 6.04 Å². The number of hydrogen-bond donors (Lipinski definition) is 2. The Morgan fingerprint density at radius 3 is 2.62 bits per heavy atom. The summed E-state index contributed by atoms with van der Waals surface area (Å²) in [4.78, 5) is 2.18. The van der Waals surface area contributed by atoms with Gasteiger partial charge in [0.15, 0.2) is 6.10 Å². The molecule has 0 aromatic heterocycles. The third-order valence-electron chi connectivity index (χ3n) is 3.19. The van der Waals surface area contributed by atoms with Crippen LogP contribution in [0.15, 0.2) is 0 Å². The number of rotatable bonds is 3. The van der Waals surface area contributed by atoms with E-state index in [1.165, 1.54) is 0 Å². The van der Waals surface area contributed by atoms with E-state index >= 15 is 0 Å². The van der Waals surface area contributed by atoms with Crippen molar-refractivity contribution in [2.24, 2.45) is 0 Å². The van der Waals surface area contributed by atoms with Crippen molar-refractivity contribution < 1.29 is 18.3 Å². The van der Waals surface area contributed by atoms with E-state index in [2.05, 4.69) is 10.2 Å². The van der Waals surface area contributed by atoms with Gasteiger partial charge in [0, 0.05) is 18.6 Å². The van der Waals surface area contributed by atoms with Crippen molar-refractivity contribution in [2.45, 2.75) is 44.1 Å². The molecule has 1 saturated heterocycles. The predicted molar refractivity (Wildman–Crippen MR) is 55.2 cm³/mol. The largest absolute Gasteiger partial charge is 0.415 e. The van der Waals surface area contributed by atoms with E-state index in [-0.39, 0.29) is 6.04 Å². The van der Waals surface area contributed by atoms with Crippen LogP contribution in [0.25, 0.3) is 0 Å².